The van der Waals surface area contributed by atoms with Crippen molar-refractivity contribution in [3.05, 3.63) is 35.6 Å². The second-order valence-corrected chi connectivity index (χ2v) is 6.47. The average Bonchev–Trinajstić information content (AvgIpc) is 3.08. The van der Waals surface area contributed by atoms with Crippen molar-refractivity contribution in [1.29, 1.82) is 0 Å². The van der Waals surface area contributed by atoms with Crippen LogP contribution < -0.4 is 5.32 Å². The minimum Gasteiger partial charge on any atom is -0.359 e. The third-order valence-corrected chi connectivity index (χ3v) is 5.29. The molecule has 3 rings (SSSR count). The van der Waals surface area contributed by atoms with Gasteiger partial charge in [0, 0.05) is 31.6 Å². The maximum Gasteiger partial charge on any atom is 0.223 e. The van der Waals surface area contributed by atoms with Crippen molar-refractivity contribution in [3.63, 3.8) is 0 Å². The van der Waals surface area contributed by atoms with Crippen molar-refractivity contribution in [2.24, 2.45) is 11.3 Å². The Morgan fingerprint density at radius 3 is 3.00 bits per heavy atom. The lowest BCUT2D eigenvalue weighted by Gasteiger charge is -2.30. The van der Waals surface area contributed by atoms with Crippen LogP contribution in [0, 0.1) is 17.2 Å². The Kier molecular flexibility index (Phi) is 3.98. The fourth-order valence-corrected chi connectivity index (χ4v) is 4.20. The normalized spacial score (nSPS) is 29.1. The van der Waals surface area contributed by atoms with Gasteiger partial charge >= 0.3 is 0 Å². The van der Waals surface area contributed by atoms with E-state index in [1.165, 1.54) is 6.07 Å². The van der Waals surface area contributed by atoms with Crippen LogP contribution in [0.1, 0.15) is 31.2 Å². The molecule has 2 aliphatic rings. The van der Waals surface area contributed by atoms with Gasteiger partial charge in [-0.2, -0.15) is 0 Å². The van der Waals surface area contributed by atoms with Gasteiger partial charge in [-0.25, -0.2) is 4.39 Å². The van der Waals surface area contributed by atoms with Gasteiger partial charge in [-0.3, -0.25) is 9.69 Å². The summed E-state index contributed by atoms with van der Waals surface area (Å²) in [6.45, 7) is 2.52. The van der Waals surface area contributed by atoms with Gasteiger partial charge in [-0.05, 0) is 37.3 Å². The van der Waals surface area contributed by atoms with Crippen molar-refractivity contribution in [1.82, 2.24) is 10.2 Å². The van der Waals surface area contributed by atoms with E-state index in [0.717, 1.165) is 44.3 Å². The number of nitrogens with zero attached hydrogens (tertiary/aromatic N) is 1. The summed E-state index contributed by atoms with van der Waals surface area (Å²) in [7, 11) is 1.72. The number of benzene rings is 1. The molecule has 4 heteroatoms. The van der Waals surface area contributed by atoms with Gasteiger partial charge in [0.05, 0.1) is 0 Å². The molecule has 1 heterocycles. The first-order valence-electron chi connectivity index (χ1n) is 7.82. The molecule has 21 heavy (non-hydrogen) atoms. The molecule has 1 saturated carbocycles. The van der Waals surface area contributed by atoms with Crippen LogP contribution in [0.4, 0.5) is 4.39 Å². The summed E-state index contributed by atoms with van der Waals surface area (Å²) >= 11 is 0. The fraction of sp³-hybridized carbons (Fsp3) is 0.588. The lowest BCUT2D eigenvalue weighted by atomic mass is 9.76. The van der Waals surface area contributed by atoms with E-state index in [0.29, 0.717) is 6.54 Å². The molecule has 2 atom stereocenters. The number of rotatable bonds is 3. The Morgan fingerprint density at radius 2 is 2.24 bits per heavy atom. The first-order valence-corrected chi connectivity index (χ1v) is 7.82. The minimum atomic E-state index is -0.132. The molecule has 1 spiro atoms. The summed E-state index contributed by atoms with van der Waals surface area (Å²) in [6.07, 6.45) is 4.30. The number of carbonyl (C=O) groups excluding carboxylic acids is 1. The molecule has 2 unspecified atom stereocenters. The SMILES string of the molecule is CNC(=O)C1CCCC12CCN(Cc1ccccc1F)C2. The summed E-state index contributed by atoms with van der Waals surface area (Å²) < 4.78 is 13.8. The van der Waals surface area contributed by atoms with Crippen LogP contribution in [0.5, 0.6) is 0 Å². The van der Waals surface area contributed by atoms with Crippen molar-refractivity contribution in [2.45, 2.75) is 32.2 Å². The Bertz CT molecular complexity index is 533. The molecule has 3 nitrogen and oxygen atoms in total. The predicted molar refractivity (Wildman–Crippen MR) is 80.1 cm³/mol. The van der Waals surface area contributed by atoms with Gasteiger partial charge in [0.25, 0.3) is 0 Å². The van der Waals surface area contributed by atoms with Crippen LogP contribution in [0.3, 0.4) is 0 Å². The maximum atomic E-state index is 13.8. The number of halogens is 1. The van der Waals surface area contributed by atoms with E-state index in [4.69, 9.17) is 0 Å². The zero-order chi connectivity index (χ0) is 14.9. The Balaban J connectivity index is 1.70. The first kappa shape index (κ1) is 14.5. The molecular weight excluding hydrogens is 267 g/mol. The van der Waals surface area contributed by atoms with Crippen LogP contribution in [-0.2, 0) is 11.3 Å². The number of hydrogen-bond acceptors (Lipinski definition) is 2. The van der Waals surface area contributed by atoms with Crippen molar-refractivity contribution >= 4 is 5.91 Å². The number of nitrogens with one attached hydrogen (secondary N) is 1. The summed E-state index contributed by atoms with van der Waals surface area (Å²) in [5.74, 6) is 0.182. The van der Waals surface area contributed by atoms with Crippen LogP contribution in [0.25, 0.3) is 0 Å². The molecule has 2 fully saturated rings. The van der Waals surface area contributed by atoms with Crippen LogP contribution in [0.15, 0.2) is 24.3 Å². The average molecular weight is 290 g/mol. The molecular formula is C17H23FN2O. The van der Waals surface area contributed by atoms with Crippen LogP contribution >= 0.6 is 0 Å². The number of amides is 1. The highest BCUT2D eigenvalue weighted by Gasteiger charge is 2.49. The molecule has 0 radical (unpaired) electrons. The number of hydrogen-bond donors (Lipinski definition) is 1. The fourth-order valence-electron chi connectivity index (χ4n) is 4.20. The number of likely N-dealkylation sites (tertiary alicyclic amines) is 1. The second kappa shape index (κ2) is 5.76. The molecule has 1 amide bonds. The Hall–Kier alpha value is -1.42. The summed E-state index contributed by atoms with van der Waals surface area (Å²) in [5, 5.41) is 2.81. The largest absolute Gasteiger partial charge is 0.359 e. The zero-order valence-electron chi connectivity index (χ0n) is 12.6. The molecule has 114 valence electrons. The standard InChI is InChI=1S/C17H23FN2O/c1-19-16(21)14-6-4-8-17(14)9-10-20(12-17)11-13-5-2-3-7-15(13)18/h2-3,5,7,14H,4,6,8-12H2,1H3,(H,19,21). The summed E-state index contributed by atoms with van der Waals surface area (Å²) in [4.78, 5) is 14.4. The third-order valence-electron chi connectivity index (χ3n) is 5.29. The lowest BCUT2D eigenvalue weighted by Crippen LogP contribution is -2.39. The minimum absolute atomic E-state index is 0.116. The van der Waals surface area contributed by atoms with E-state index >= 15 is 0 Å². The second-order valence-electron chi connectivity index (χ2n) is 6.47. The van der Waals surface area contributed by atoms with E-state index in [9.17, 15) is 9.18 Å². The van der Waals surface area contributed by atoms with Crippen molar-refractivity contribution < 1.29 is 9.18 Å². The van der Waals surface area contributed by atoms with Gasteiger partial charge in [-0.15, -0.1) is 0 Å². The smallest absolute Gasteiger partial charge is 0.223 e. The topological polar surface area (TPSA) is 32.3 Å². The summed E-state index contributed by atoms with van der Waals surface area (Å²) in [5.41, 5.74) is 0.870. The lowest BCUT2D eigenvalue weighted by molar-refractivity contribution is -0.127. The zero-order valence-corrected chi connectivity index (χ0v) is 12.6. The Morgan fingerprint density at radius 1 is 1.43 bits per heavy atom. The number of carbonyl (C=O) groups is 1. The van der Waals surface area contributed by atoms with E-state index < -0.39 is 0 Å². The van der Waals surface area contributed by atoms with E-state index in [1.807, 2.05) is 12.1 Å². The van der Waals surface area contributed by atoms with Crippen molar-refractivity contribution in [3.8, 4) is 0 Å². The molecule has 0 bridgehead atoms. The molecule has 1 aliphatic carbocycles. The maximum absolute atomic E-state index is 13.8. The molecule has 0 aromatic heterocycles. The van der Waals surface area contributed by atoms with Gasteiger partial charge in [0.15, 0.2) is 0 Å². The first-order chi connectivity index (χ1) is 10.1. The Labute approximate surface area is 125 Å². The highest BCUT2D eigenvalue weighted by Crippen LogP contribution is 2.50. The highest BCUT2D eigenvalue weighted by atomic mass is 19.1. The third kappa shape index (κ3) is 2.69. The van der Waals surface area contributed by atoms with Crippen LogP contribution in [-0.4, -0.2) is 30.9 Å². The monoisotopic (exact) mass is 290 g/mol. The van der Waals surface area contributed by atoms with Gasteiger partial charge < -0.3 is 5.32 Å². The van der Waals surface area contributed by atoms with E-state index in [2.05, 4.69) is 10.2 Å². The summed E-state index contributed by atoms with van der Waals surface area (Å²) in [6, 6.07) is 6.98. The quantitative estimate of drug-likeness (QED) is 0.928. The molecule has 1 saturated heterocycles. The van der Waals surface area contributed by atoms with E-state index in [-0.39, 0.29) is 23.1 Å². The van der Waals surface area contributed by atoms with E-state index in [1.54, 1.807) is 13.1 Å². The molecule has 1 aromatic carbocycles. The molecule has 1 N–H and O–H groups in total. The highest BCUT2D eigenvalue weighted by molar-refractivity contribution is 5.79. The van der Waals surface area contributed by atoms with Gasteiger partial charge in [0.2, 0.25) is 5.91 Å². The molecule has 1 aliphatic heterocycles. The van der Waals surface area contributed by atoms with Gasteiger partial charge in [0.1, 0.15) is 5.82 Å². The molecule has 1 aromatic rings. The van der Waals surface area contributed by atoms with Gasteiger partial charge in [-0.1, -0.05) is 24.6 Å². The van der Waals surface area contributed by atoms with Crippen LogP contribution in [0.2, 0.25) is 0 Å². The van der Waals surface area contributed by atoms with Crippen molar-refractivity contribution in [2.75, 3.05) is 20.1 Å². The predicted octanol–water partition coefficient (Wildman–Crippen LogP) is 2.56.